The Labute approximate surface area is 160 Å². The number of rotatable bonds is 6. The largest absolute Gasteiger partial charge is 0.493 e. The average molecular weight is 388 g/mol. The molecular formula is C19H20N2O5S. The summed E-state index contributed by atoms with van der Waals surface area (Å²) in [5.41, 5.74) is 2.18. The molecule has 3 rings (SSSR count). The fraction of sp³-hybridized carbons (Fsp3) is 0.263. The second-order valence-corrected chi connectivity index (χ2v) is 6.64. The van der Waals surface area contributed by atoms with Crippen LogP contribution in [0.3, 0.4) is 0 Å². The molecular weight excluding hydrogens is 368 g/mol. The first-order valence-electron chi connectivity index (χ1n) is 8.07. The molecule has 27 heavy (non-hydrogen) atoms. The van der Waals surface area contributed by atoms with Gasteiger partial charge in [0, 0.05) is 28.9 Å². The van der Waals surface area contributed by atoms with Gasteiger partial charge in [0.15, 0.2) is 11.5 Å². The lowest BCUT2D eigenvalue weighted by Gasteiger charge is -2.15. The number of hydrogen-bond acceptors (Lipinski definition) is 8. The quantitative estimate of drug-likeness (QED) is 0.635. The van der Waals surface area contributed by atoms with Crippen molar-refractivity contribution in [3.05, 3.63) is 34.8 Å². The Morgan fingerprint density at radius 1 is 1.04 bits per heavy atom. The summed E-state index contributed by atoms with van der Waals surface area (Å²) < 4.78 is 21.1. The summed E-state index contributed by atoms with van der Waals surface area (Å²) in [6, 6.07) is 7.37. The number of ether oxygens (including phenoxy) is 4. The third-order valence-corrected chi connectivity index (χ3v) is 5.08. The van der Waals surface area contributed by atoms with Crippen LogP contribution in [0.1, 0.15) is 15.4 Å². The van der Waals surface area contributed by atoms with Crippen LogP contribution in [-0.4, -0.2) is 39.4 Å². The van der Waals surface area contributed by atoms with Crippen molar-refractivity contribution >= 4 is 38.9 Å². The van der Waals surface area contributed by atoms with Gasteiger partial charge in [-0.2, -0.15) is 0 Å². The highest BCUT2D eigenvalue weighted by molar-refractivity contribution is 7.21. The minimum absolute atomic E-state index is 0.425. The molecule has 0 saturated carbocycles. The number of esters is 1. The van der Waals surface area contributed by atoms with Gasteiger partial charge in [-0.15, -0.1) is 11.3 Å². The van der Waals surface area contributed by atoms with Gasteiger partial charge >= 0.3 is 5.97 Å². The molecule has 2 heterocycles. The number of aryl methyl sites for hydroxylation is 1. The third-order valence-electron chi connectivity index (χ3n) is 4.00. The molecule has 0 spiro atoms. The maximum atomic E-state index is 12.3. The molecule has 1 N–H and O–H groups in total. The fourth-order valence-electron chi connectivity index (χ4n) is 2.73. The number of hydrogen-bond donors (Lipinski definition) is 1. The molecule has 0 amide bonds. The van der Waals surface area contributed by atoms with Crippen molar-refractivity contribution in [2.24, 2.45) is 0 Å². The smallest absolute Gasteiger partial charge is 0.350 e. The minimum Gasteiger partial charge on any atom is -0.493 e. The number of fused-ring (bicyclic) bond motifs is 1. The van der Waals surface area contributed by atoms with Crippen LogP contribution in [0.2, 0.25) is 0 Å². The number of benzene rings is 1. The summed E-state index contributed by atoms with van der Waals surface area (Å²) >= 11 is 1.28. The Bertz CT molecular complexity index is 974. The van der Waals surface area contributed by atoms with Crippen molar-refractivity contribution in [2.45, 2.75) is 6.92 Å². The highest BCUT2D eigenvalue weighted by Gasteiger charge is 2.21. The van der Waals surface area contributed by atoms with Crippen molar-refractivity contribution < 1.29 is 23.7 Å². The molecule has 0 aliphatic heterocycles. The van der Waals surface area contributed by atoms with E-state index in [0.717, 1.165) is 15.9 Å². The molecule has 2 aromatic heterocycles. The van der Waals surface area contributed by atoms with Crippen molar-refractivity contribution in [3.63, 3.8) is 0 Å². The molecule has 0 aliphatic carbocycles. The van der Waals surface area contributed by atoms with Gasteiger partial charge in [0.2, 0.25) is 5.75 Å². The third kappa shape index (κ3) is 3.48. The van der Waals surface area contributed by atoms with E-state index in [2.05, 4.69) is 10.3 Å². The highest BCUT2D eigenvalue weighted by Crippen LogP contribution is 2.43. The molecule has 0 fully saturated rings. The van der Waals surface area contributed by atoms with Crippen LogP contribution in [0.15, 0.2) is 24.3 Å². The zero-order chi connectivity index (χ0) is 19.6. The van der Waals surface area contributed by atoms with Gasteiger partial charge in [-0.3, -0.25) is 0 Å². The molecule has 0 unspecified atom stereocenters. The number of thiophene rings is 1. The van der Waals surface area contributed by atoms with Crippen LogP contribution >= 0.6 is 11.3 Å². The van der Waals surface area contributed by atoms with E-state index in [9.17, 15) is 4.79 Å². The van der Waals surface area contributed by atoms with Crippen molar-refractivity contribution in [1.82, 2.24) is 4.98 Å². The number of pyridine rings is 1. The number of nitrogens with one attached hydrogen (secondary N) is 1. The average Bonchev–Trinajstić information content (AvgIpc) is 3.03. The number of carbonyl (C=O) groups is 1. The maximum Gasteiger partial charge on any atom is 0.350 e. The van der Waals surface area contributed by atoms with Crippen LogP contribution in [-0.2, 0) is 4.74 Å². The molecule has 1 aromatic carbocycles. The molecule has 0 saturated heterocycles. The van der Waals surface area contributed by atoms with Crippen LogP contribution in [0, 0.1) is 6.92 Å². The molecule has 3 aromatic rings. The van der Waals surface area contributed by atoms with E-state index < -0.39 is 5.97 Å². The Hall–Kier alpha value is -3.00. The van der Waals surface area contributed by atoms with Crippen LogP contribution in [0.5, 0.6) is 17.2 Å². The van der Waals surface area contributed by atoms with E-state index in [1.165, 1.54) is 18.4 Å². The van der Waals surface area contributed by atoms with E-state index in [1.807, 2.05) is 19.1 Å². The second-order valence-electron chi connectivity index (χ2n) is 5.64. The van der Waals surface area contributed by atoms with Gasteiger partial charge in [-0.25, -0.2) is 9.78 Å². The lowest BCUT2D eigenvalue weighted by atomic mass is 10.2. The Kier molecular flexibility index (Phi) is 5.36. The van der Waals surface area contributed by atoms with Gasteiger partial charge in [-0.05, 0) is 19.1 Å². The maximum absolute atomic E-state index is 12.3. The van der Waals surface area contributed by atoms with E-state index in [4.69, 9.17) is 18.9 Å². The van der Waals surface area contributed by atoms with E-state index in [-0.39, 0.29) is 0 Å². The summed E-state index contributed by atoms with van der Waals surface area (Å²) in [5, 5.41) is 4.12. The SMILES string of the molecule is COC(=O)c1sc2nc(C)ccc2c1Nc1cc(OC)c(OC)c(OC)c1. The molecule has 0 radical (unpaired) electrons. The van der Waals surface area contributed by atoms with Gasteiger partial charge in [0.1, 0.15) is 9.71 Å². The van der Waals surface area contributed by atoms with Crippen molar-refractivity contribution in [1.29, 1.82) is 0 Å². The predicted octanol–water partition coefficient (Wildman–Crippen LogP) is 4.16. The molecule has 7 nitrogen and oxygen atoms in total. The number of carbonyl (C=O) groups excluding carboxylic acids is 1. The van der Waals surface area contributed by atoms with E-state index in [1.54, 1.807) is 33.5 Å². The van der Waals surface area contributed by atoms with Gasteiger partial charge < -0.3 is 24.3 Å². The van der Waals surface area contributed by atoms with Gasteiger partial charge in [-0.1, -0.05) is 0 Å². The summed E-state index contributed by atoms with van der Waals surface area (Å²) in [6.07, 6.45) is 0. The van der Waals surface area contributed by atoms with Crippen LogP contribution in [0.25, 0.3) is 10.2 Å². The zero-order valence-electron chi connectivity index (χ0n) is 15.7. The minimum atomic E-state index is -0.425. The normalized spacial score (nSPS) is 10.6. The Morgan fingerprint density at radius 3 is 2.26 bits per heavy atom. The number of anilines is 2. The van der Waals surface area contributed by atoms with Gasteiger partial charge in [0.05, 0.1) is 34.1 Å². The number of aromatic nitrogens is 1. The topological polar surface area (TPSA) is 78.9 Å². The monoisotopic (exact) mass is 388 g/mol. The van der Waals surface area contributed by atoms with E-state index >= 15 is 0 Å². The van der Waals surface area contributed by atoms with E-state index in [0.29, 0.717) is 33.5 Å². The molecule has 0 bridgehead atoms. The van der Waals surface area contributed by atoms with Crippen molar-refractivity contribution in [3.8, 4) is 17.2 Å². The van der Waals surface area contributed by atoms with Crippen LogP contribution in [0.4, 0.5) is 11.4 Å². The van der Waals surface area contributed by atoms with Gasteiger partial charge in [0.25, 0.3) is 0 Å². The number of methoxy groups -OCH3 is 4. The second kappa shape index (κ2) is 7.71. The Balaban J connectivity index is 2.15. The molecule has 8 heteroatoms. The summed E-state index contributed by atoms with van der Waals surface area (Å²) in [5.74, 6) is 1.08. The summed E-state index contributed by atoms with van der Waals surface area (Å²) in [7, 11) is 6.00. The first-order chi connectivity index (χ1) is 13.0. The zero-order valence-corrected chi connectivity index (χ0v) is 16.5. The lowest BCUT2D eigenvalue weighted by Crippen LogP contribution is -2.03. The molecule has 0 atom stereocenters. The fourth-order valence-corrected chi connectivity index (χ4v) is 3.82. The van der Waals surface area contributed by atoms with Crippen LogP contribution < -0.4 is 19.5 Å². The van der Waals surface area contributed by atoms with Crippen molar-refractivity contribution in [2.75, 3.05) is 33.8 Å². The molecule has 142 valence electrons. The summed E-state index contributed by atoms with van der Waals surface area (Å²) in [6.45, 7) is 1.91. The summed E-state index contributed by atoms with van der Waals surface area (Å²) in [4.78, 5) is 18.0. The Morgan fingerprint density at radius 2 is 1.70 bits per heavy atom. The highest BCUT2D eigenvalue weighted by atomic mass is 32.1. The first kappa shape index (κ1) is 18.8. The lowest BCUT2D eigenvalue weighted by molar-refractivity contribution is 0.0607. The predicted molar refractivity (Wildman–Crippen MR) is 105 cm³/mol. The molecule has 0 aliphatic rings. The first-order valence-corrected chi connectivity index (χ1v) is 8.89. The number of nitrogens with zero attached hydrogens (tertiary/aromatic N) is 1. The standard InChI is InChI=1S/C19H20N2O5S/c1-10-6-7-12-15(17(19(22)26-5)27-18(12)20-10)21-11-8-13(23-2)16(25-4)14(9-11)24-3/h6-9,21H,1-5H3.